The Morgan fingerprint density at radius 3 is 1.25 bits per heavy atom. The third kappa shape index (κ3) is 9.30. The zero-order valence-electron chi connectivity index (χ0n) is 2.17. The van der Waals surface area contributed by atoms with E-state index in [9.17, 15) is 0 Å². The first-order valence-corrected chi connectivity index (χ1v) is 4.81. The van der Waals surface area contributed by atoms with E-state index in [0.717, 1.165) is 0 Å². The van der Waals surface area contributed by atoms with Crippen LogP contribution in [0, 0.1) is 0 Å². The van der Waals surface area contributed by atoms with Crippen molar-refractivity contribution < 1.29 is 0 Å². The summed E-state index contributed by atoms with van der Waals surface area (Å²) < 4.78 is 0. The SMILES string of the molecule is Cl[SiH2]Cl.[PbH2]. The molecule has 4 heteroatoms. The van der Waals surface area contributed by atoms with Gasteiger partial charge in [0.25, 0.3) is 0 Å². The summed E-state index contributed by atoms with van der Waals surface area (Å²) >= 11 is 9.81. The predicted octanol–water partition coefficient (Wildman–Crippen LogP) is -0.453. The van der Waals surface area contributed by atoms with Crippen molar-refractivity contribution in [3.8, 4) is 0 Å². The molecule has 0 unspecified atom stereocenters. The van der Waals surface area contributed by atoms with Crippen LogP contribution in [0.2, 0.25) is 0 Å². The van der Waals surface area contributed by atoms with Crippen LogP contribution in [0.25, 0.3) is 0 Å². The molecule has 0 fully saturated rings. The molecule has 0 aliphatic carbocycles. The van der Waals surface area contributed by atoms with Crippen LogP contribution in [0.4, 0.5) is 0 Å². The van der Waals surface area contributed by atoms with Gasteiger partial charge in [-0.05, 0) is 0 Å². The van der Waals surface area contributed by atoms with Crippen molar-refractivity contribution in [2.75, 3.05) is 0 Å². The third-order valence-corrected chi connectivity index (χ3v) is 0. The molecule has 0 atom stereocenters. The van der Waals surface area contributed by atoms with Gasteiger partial charge >= 0.3 is 27.3 Å². The van der Waals surface area contributed by atoms with E-state index in [4.69, 9.17) is 22.2 Å². The van der Waals surface area contributed by atoms with E-state index in [1.54, 1.807) is 0 Å². The molecule has 0 aliphatic rings. The van der Waals surface area contributed by atoms with Crippen molar-refractivity contribution in [3.63, 3.8) is 0 Å². The molecule has 4 heavy (non-hydrogen) atoms. The van der Waals surface area contributed by atoms with Gasteiger partial charge in [-0.1, -0.05) is 0 Å². The molecule has 0 aromatic carbocycles. The summed E-state index contributed by atoms with van der Waals surface area (Å²) in [5.74, 6) is 0. The summed E-state index contributed by atoms with van der Waals surface area (Å²) in [6, 6.07) is 0. The first kappa shape index (κ1) is 9.21. The molecule has 0 aliphatic heterocycles. The standard InChI is InChI=1S/Cl2H2Si.Pb.2H/c1-3-2;;;/h3H2;;;. The van der Waals surface area contributed by atoms with Gasteiger partial charge in [-0.15, -0.1) is 0 Å². The predicted molar refractivity (Wildman–Crippen MR) is 28.8 cm³/mol. The van der Waals surface area contributed by atoms with Crippen LogP contribution in [0.1, 0.15) is 0 Å². The Labute approximate surface area is 57.2 Å². The maximum absolute atomic E-state index is 4.90. The van der Waals surface area contributed by atoms with Crippen LogP contribution < -0.4 is 0 Å². The molecule has 26 valence electrons. The summed E-state index contributed by atoms with van der Waals surface area (Å²) in [5.41, 5.74) is 0. The molecule has 0 amide bonds. The van der Waals surface area contributed by atoms with E-state index >= 15 is 0 Å². The summed E-state index contributed by atoms with van der Waals surface area (Å²) in [6.07, 6.45) is 0. The Morgan fingerprint density at radius 1 is 1.25 bits per heavy atom. The molecule has 0 heterocycles. The summed E-state index contributed by atoms with van der Waals surface area (Å²) in [5, 5.41) is 0. The molecule has 0 rings (SSSR count). The summed E-state index contributed by atoms with van der Waals surface area (Å²) in [4.78, 5) is 0. The third-order valence-electron chi connectivity index (χ3n) is 0. The normalized spacial score (nSPS) is 4.50. The molecule has 0 nitrogen and oxygen atoms in total. The molecule has 0 spiro atoms. The van der Waals surface area contributed by atoms with E-state index < -0.39 is 8.14 Å². The van der Waals surface area contributed by atoms with Gasteiger partial charge in [0.15, 0.2) is 0 Å². The second kappa shape index (κ2) is 8.83. The van der Waals surface area contributed by atoms with Crippen molar-refractivity contribution in [2.45, 2.75) is 0 Å². The van der Waals surface area contributed by atoms with Gasteiger partial charge in [-0.2, -0.15) is 22.2 Å². The molecule has 2 radical (unpaired) electrons. The van der Waals surface area contributed by atoms with Gasteiger partial charge in [-0.25, -0.2) is 0 Å². The van der Waals surface area contributed by atoms with Crippen LogP contribution in [-0.4, -0.2) is 35.4 Å². The van der Waals surface area contributed by atoms with Crippen LogP contribution in [-0.2, 0) is 0 Å². The molecule has 0 aromatic rings. The average molecular weight is 310 g/mol. The second-order valence-electron chi connectivity index (χ2n) is 0.101. The molecule has 0 saturated carbocycles. The fourth-order valence-electron chi connectivity index (χ4n) is 0. The second-order valence-corrected chi connectivity index (χ2v) is 2.73. The van der Waals surface area contributed by atoms with Crippen LogP contribution in [0.3, 0.4) is 0 Å². The monoisotopic (exact) mass is 310 g/mol. The van der Waals surface area contributed by atoms with Crippen LogP contribution >= 0.6 is 22.2 Å². The first-order valence-electron chi connectivity index (χ1n) is 0.535. The van der Waals surface area contributed by atoms with Gasteiger partial charge < -0.3 is 0 Å². The van der Waals surface area contributed by atoms with E-state index in [0.29, 0.717) is 0 Å². The van der Waals surface area contributed by atoms with Crippen molar-refractivity contribution in [1.29, 1.82) is 0 Å². The fourth-order valence-corrected chi connectivity index (χ4v) is 0. The molecular formula is H4Cl2PbSi. The fraction of sp³-hybridized carbons (Fsp3) is 0. The first-order chi connectivity index (χ1) is 1.41. The molecule has 0 bridgehead atoms. The van der Waals surface area contributed by atoms with Crippen molar-refractivity contribution >= 4 is 57.6 Å². The Kier molecular flexibility index (Phi) is 20.3. The maximum atomic E-state index is 4.90. The molecule has 0 aromatic heterocycles. The Balaban J connectivity index is 0. The van der Waals surface area contributed by atoms with Crippen molar-refractivity contribution in [3.05, 3.63) is 0 Å². The van der Waals surface area contributed by atoms with Gasteiger partial charge in [0.2, 0.25) is 8.14 Å². The van der Waals surface area contributed by atoms with Crippen LogP contribution in [0.15, 0.2) is 0 Å². The number of rotatable bonds is 0. The van der Waals surface area contributed by atoms with Crippen molar-refractivity contribution in [2.24, 2.45) is 0 Å². The molecule has 0 saturated heterocycles. The minimum absolute atomic E-state index is 0. The summed E-state index contributed by atoms with van der Waals surface area (Å²) in [7, 11) is -0.639. The van der Waals surface area contributed by atoms with Crippen LogP contribution in [0.5, 0.6) is 0 Å². The van der Waals surface area contributed by atoms with Gasteiger partial charge in [0, 0.05) is 0 Å². The van der Waals surface area contributed by atoms with E-state index in [1.807, 2.05) is 0 Å². The number of hydrogen-bond donors (Lipinski definition) is 0. The van der Waals surface area contributed by atoms with Gasteiger partial charge in [0.05, 0.1) is 0 Å². The Bertz CT molecular complexity index is 6.00. The zero-order valence-corrected chi connectivity index (χ0v) is 10.6. The molecule has 0 N–H and O–H groups in total. The van der Waals surface area contributed by atoms with Crippen molar-refractivity contribution in [1.82, 2.24) is 0 Å². The Hall–Kier alpha value is 1.72. The number of hydrogen-bond acceptors (Lipinski definition) is 0. The topological polar surface area (TPSA) is 0 Å². The average Bonchev–Trinajstić information content (AvgIpc) is 0.918. The van der Waals surface area contributed by atoms with Gasteiger partial charge in [-0.3, -0.25) is 0 Å². The quantitative estimate of drug-likeness (QED) is 0.420. The van der Waals surface area contributed by atoms with E-state index in [2.05, 4.69) is 0 Å². The van der Waals surface area contributed by atoms with E-state index in [-0.39, 0.29) is 27.3 Å². The number of halogens is 2. The van der Waals surface area contributed by atoms with Gasteiger partial charge in [0.1, 0.15) is 0 Å². The zero-order chi connectivity index (χ0) is 2.71. The summed E-state index contributed by atoms with van der Waals surface area (Å²) in [6.45, 7) is 0. The minimum atomic E-state index is -0.639. The molecular weight excluding hydrogens is 306 g/mol. The Morgan fingerprint density at radius 2 is 1.25 bits per heavy atom. The van der Waals surface area contributed by atoms with E-state index in [1.165, 1.54) is 0 Å².